The van der Waals surface area contributed by atoms with Crippen LogP contribution >= 0.6 is 0 Å². The summed E-state index contributed by atoms with van der Waals surface area (Å²) in [6, 6.07) is 7.19. The minimum atomic E-state index is -0.563. The van der Waals surface area contributed by atoms with Crippen molar-refractivity contribution in [1.29, 1.82) is 0 Å². The predicted octanol–water partition coefficient (Wildman–Crippen LogP) is 4.74. The van der Waals surface area contributed by atoms with Gasteiger partial charge in [0.05, 0.1) is 6.04 Å². The van der Waals surface area contributed by atoms with Gasteiger partial charge in [0.25, 0.3) is 0 Å². The van der Waals surface area contributed by atoms with Crippen molar-refractivity contribution in [2.24, 2.45) is 0 Å². The van der Waals surface area contributed by atoms with Crippen LogP contribution in [0.15, 0.2) is 24.3 Å². The van der Waals surface area contributed by atoms with Gasteiger partial charge < -0.3 is 20.5 Å². The van der Waals surface area contributed by atoms with Gasteiger partial charge in [0.15, 0.2) is 0 Å². The molecular formula is C21H34N2O4. The number of carbonyl (C=O) groups excluding carboxylic acids is 2. The molecule has 0 heterocycles. The highest BCUT2D eigenvalue weighted by atomic mass is 16.6. The Kier molecular flexibility index (Phi) is 8.13. The van der Waals surface area contributed by atoms with Crippen molar-refractivity contribution in [3.05, 3.63) is 29.8 Å². The highest BCUT2D eigenvalue weighted by molar-refractivity contribution is 5.70. The van der Waals surface area contributed by atoms with Crippen molar-refractivity contribution in [1.82, 2.24) is 5.32 Å². The zero-order valence-corrected chi connectivity index (χ0v) is 17.4. The number of esters is 1. The van der Waals surface area contributed by atoms with E-state index in [1.165, 1.54) is 0 Å². The number of amides is 1. The second-order valence-electron chi connectivity index (χ2n) is 8.70. The molecule has 1 unspecified atom stereocenters. The number of ether oxygens (including phenoxy) is 2. The van der Waals surface area contributed by atoms with Crippen LogP contribution in [0.4, 0.5) is 10.5 Å². The van der Waals surface area contributed by atoms with Crippen molar-refractivity contribution in [3.63, 3.8) is 0 Å². The van der Waals surface area contributed by atoms with Crippen LogP contribution in [0.25, 0.3) is 0 Å². The number of anilines is 1. The number of rotatable bonds is 7. The number of alkyl carbamates (subject to hydrolysis) is 1. The van der Waals surface area contributed by atoms with E-state index in [4.69, 9.17) is 15.2 Å². The standard InChI is InChI=1S/C21H34N2O4/c1-20(2,3)26-18(24)10-8-7-9-17(15-11-13-16(22)14-12-15)23-19(25)27-21(4,5)6/h11-14,17H,7-10,22H2,1-6H3,(H,23,25). The molecule has 0 aliphatic heterocycles. The van der Waals surface area contributed by atoms with Gasteiger partial charge in [-0.05, 0) is 72.1 Å². The van der Waals surface area contributed by atoms with Crippen molar-refractivity contribution in [2.45, 2.75) is 84.5 Å². The monoisotopic (exact) mass is 378 g/mol. The molecule has 0 radical (unpaired) electrons. The van der Waals surface area contributed by atoms with Gasteiger partial charge >= 0.3 is 12.1 Å². The summed E-state index contributed by atoms with van der Waals surface area (Å²) in [7, 11) is 0. The number of hydrogen-bond acceptors (Lipinski definition) is 5. The van der Waals surface area contributed by atoms with E-state index in [1.54, 1.807) is 12.1 Å². The third-order valence-corrected chi connectivity index (χ3v) is 3.57. The number of nitrogens with two attached hydrogens (primary N) is 1. The van der Waals surface area contributed by atoms with E-state index in [0.29, 0.717) is 24.9 Å². The highest BCUT2D eigenvalue weighted by Gasteiger charge is 2.21. The lowest BCUT2D eigenvalue weighted by molar-refractivity contribution is -0.154. The van der Waals surface area contributed by atoms with E-state index in [9.17, 15) is 9.59 Å². The van der Waals surface area contributed by atoms with Crippen molar-refractivity contribution in [2.75, 3.05) is 5.73 Å². The molecule has 0 aliphatic carbocycles. The molecule has 27 heavy (non-hydrogen) atoms. The van der Waals surface area contributed by atoms with Gasteiger partial charge in [0.2, 0.25) is 0 Å². The van der Waals surface area contributed by atoms with E-state index < -0.39 is 17.3 Å². The van der Waals surface area contributed by atoms with Gasteiger partial charge in [-0.25, -0.2) is 4.79 Å². The van der Waals surface area contributed by atoms with Crippen molar-refractivity contribution in [3.8, 4) is 0 Å². The Morgan fingerprint density at radius 3 is 2.04 bits per heavy atom. The molecule has 3 N–H and O–H groups in total. The lowest BCUT2D eigenvalue weighted by Gasteiger charge is -2.24. The SMILES string of the molecule is CC(C)(C)OC(=O)CCCCC(NC(=O)OC(C)(C)C)c1ccc(N)cc1. The van der Waals surface area contributed by atoms with Crippen LogP contribution in [0.2, 0.25) is 0 Å². The largest absolute Gasteiger partial charge is 0.460 e. The second-order valence-corrected chi connectivity index (χ2v) is 8.70. The van der Waals surface area contributed by atoms with Gasteiger partial charge in [-0.15, -0.1) is 0 Å². The van der Waals surface area contributed by atoms with Gasteiger partial charge in [0, 0.05) is 12.1 Å². The summed E-state index contributed by atoms with van der Waals surface area (Å²) in [5.74, 6) is -0.202. The topological polar surface area (TPSA) is 90.6 Å². The van der Waals surface area contributed by atoms with Crippen LogP contribution in [-0.4, -0.2) is 23.3 Å². The third kappa shape index (κ3) is 10.5. The molecule has 0 saturated heterocycles. The predicted molar refractivity (Wildman–Crippen MR) is 107 cm³/mol. The Labute approximate surface area is 162 Å². The van der Waals surface area contributed by atoms with E-state index in [1.807, 2.05) is 53.7 Å². The number of hydrogen-bond donors (Lipinski definition) is 2. The summed E-state index contributed by atoms with van der Waals surface area (Å²) in [6.45, 7) is 11.0. The highest BCUT2D eigenvalue weighted by Crippen LogP contribution is 2.22. The molecule has 1 aromatic rings. The number of nitrogen functional groups attached to an aromatic ring is 1. The molecule has 0 fully saturated rings. The average Bonchev–Trinajstić information content (AvgIpc) is 2.47. The molecule has 0 saturated carbocycles. The summed E-state index contributed by atoms with van der Waals surface area (Å²) in [5, 5.41) is 2.92. The van der Waals surface area contributed by atoms with E-state index in [-0.39, 0.29) is 12.0 Å². The Hall–Kier alpha value is -2.24. The third-order valence-electron chi connectivity index (χ3n) is 3.57. The first-order chi connectivity index (χ1) is 12.4. The minimum Gasteiger partial charge on any atom is -0.460 e. The summed E-state index contributed by atoms with van der Waals surface area (Å²) in [6.07, 6.45) is 2.04. The van der Waals surface area contributed by atoms with Crippen LogP contribution in [0.1, 0.15) is 78.8 Å². The lowest BCUT2D eigenvalue weighted by Crippen LogP contribution is -2.35. The van der Waals surface area contributed by atoms with Gasteiger partial charge in [0.1, 0.15) is 11.2 Å². The van der Waals surface area contributed by atoms with Gasteiger partial charge in [-0.3, -0.25) is 4.79 Å². The maximum Gasteiger partial charge on any atom is 0.408 e. The number of unbranched alkanes of at least 4 members (excludes halogenated alkanes) is 1. The maximum absolute atomic E-state index is 12.2. The van der Waals surface area contributed by atoms with Gasteiger partial charge in [-0.2, -0.15) is 0 Å². The van der Waals surface area contributed by atoms with E-state index in [0.717, 1.165) is 12.0 Å². The van der Waals surface area contributed by atoms with Crippen LogP contribution in [0.3, 0.4) is 0 Å². The summed E-state index contributed by atoms with van der Waals surface area (Å²) >= 11 is 0. The van der Waals surface area contributed by atoms with Crippen LogP contribution in [-0.2, 0) is 14.3 Å². The van der Waals surface area contributed by atoms with Crippen molar-refractivity contribution >= 4 is 17.7 Å². The Bertz CT molecular complexity index is 613. The Morgan fingerprint density at radius 1 is 0.963 bits per heavy atom. The fraction of sp³-hybridized carbons (Fsp3) is 0.619. The first kappa shape index (κ1) is 22.8. The summed E-state index contributed by atoms with van der Waals surface area (Å²) < 4.78 is 10.7. The number of carbonyl (C=O) groups is 2. The first-order valence-electron chi connectivity index (χ1n) is 9.42. The number of benzene rings is 1. The molecule has 6 heteroatoms. The molecule has 0 aliphatic rings. The zero-order valence-electron chi connectivity index (χ0n) is 17.4. The summed E-state index contributed by atoms with van der Waals surface area (Å²) in [5.41, 5.74) is 6.34. The van der Waals surface area contributed by atoms with Crippen LogP contribution in [0.5, 0.6) is 0 Å². The number of nitrogens with one attached hydrogen (secondary N) is 1. The molecule has 0 spiro atoms. The molecule has 1 rings (SSSR count). The molecule has 152 valence electrons. The molecule has 0 aromatic heterocycles. The normalized spacial score (nSPS) is 13.0. The second kappa shape index (κ2) is 9.62. The smallest absolute Gasteiger partial charge is 0.408 e. The quantitative estimate of drug-likeness (QED) is 0.406. The molecule has 0 bridgehead atoms. The minimum absolute atomic E-state index is 0.202. The molecule has 6 nitrogen and oxygen atoms in total. The van der Waals surface area contributed by atoms with Gasteiger partial charge in [-0.1, -0.05) is 18.6 Å². The maximum atomic E-state index is 12.2. The van der Waals surface area contributed by atoms with Crippen molar-refractivity contribution < 1.29 is 19.1 Å². The fourth-order valence-corrected chi connectivity index (χ4v) is 2.51. The molecule has 1 amide bonds. The summed E-state index contributed by atoms with van der Waals surface area (Å²) in [4.78, 5) is 24.0. The van der Waals surface area contributed by atoms with E-state index in [2.05, 4.69) is 5.32 Å². The molecule has 1 aromatic carbocycles. The lowest BCUT2D eigenvalue weighted by atomic mass is 10.00. The van der Waals surface area contributed by atoms with E-state index >= 15 is 0 Å². The Balaban J connectivity index is 2.63. The first-order valence-corrected chi connectivity index (χ1v) is 9.42. The Morgan fingerprint density at radius 2 is 1.52 bits per heavy atom. The fourth-order valence-electron chi connectivity index (χ4n) is 2.51. The zero-order chi connectivity index (χ0) is 20.7. The van der Waals surface area contributed by atoms with Crippen LogP contribution in [0, 0.1) is 0 Å². The average molecular weight is 379 g/mol. The van der Waals surface area contributed by atoms with Crippen LogP contribution < -0.4 is 11.1 Å². The molecular weight excluding hydrogens is 344 g/mol. The molecule has 1 atom stereocenters.